The van der Waals surface area contributed by atoms with Gasteiger partial charge in [-0.15, -0.1) is 0 Å². The van der Waals surface area contributed by atoms with E-state index >= 15 is 0 Å². The molecule has 1 amide bonds. The van der Waals surface area contributed by atoms with Crippen LogP contribution >= 0.6 is 0 Å². The van der Waals surface area contributed by atoms with Crippen molar-refractivity contribution in [3.8, 4) is 0 Å². The third-order valence-corrected chi connectivity index (χ3v) is 3.21. The molecule has 1 heterocycles. The zero-order valence-electron chi connectivity index (χ0n) is 12.7. The number of ether oxygens (including phenoxy) is 1. The van der Waals surface area contributed by atoms with Gasteiger partial charge in [-0.25, -0.2) is 4.79 Å². The fourth-order valence-electron chi connectivity index (χ4n) is 2.17. The highest BCUT2D eigenvalue weighted by Crippen LogP contribution is 2.22. The summed E-state index contributed by atoms with van der Waals surface area (Å²) >= 11 is 0. The molecule has 8 heteroatoms. The Labute approximate surface area is 123 Å². The predicted molar refractivity (Wildman–Crippen MR) is 72.9 cm³/mol. The van der Waals surface area contributed by atoms with E-state index in [1.807, 2.05) is 0 Å². The van der Waals surface area contributed by atoms with Gasteiger partial charge in [0.2, 0.25) is 0 Å². The summed E-state index contributed by atoms with van der Waals surface area (Å²) in [4.78, 5) is 15.2. The summed E-state index contributed by atoms with van der Waals surface area (Å²) in [6.45, 7) is 6.44. The maximum absolute atomic E-state index is 12.3. The SMILES string of the molecule is CC(C)(C)OC(=O)N1CCN(CCC(F)(F)F)C(CN)C1. The lowest BCUT2D eigenvalue weighted by atomic mass is 10.1. The van der Waals surface area contributed by atoms with Crippen molar-refractivity contribution in [2.75, 3.05) is 32.7 Å². The van der Waals surface area contributed by atoms with Crippen LogP contribution in [-0.4, -0.2) is 66.4 Å². The zero-order chi connectivity index (χ0) is 16.3. The Hall–Kier alpha value is -1.02. The van der Waals surface area contributed by atoms with Crippen molar-refractivity contribution in [1.82, 2.24) is 9.80 Å². The Bertz CT molecular complexity index is 356. The summed E-state index contributed by atoms with van der Waals surface area (Å²) in [5.74, 6) is 0. The van der Waals surface area contributed by atoms with Crippen molar-refractivity contribution in [3.05, 3.63) is 0 Å². The van der Waals surface area contributed by atoms with Gasteiger partial charge in [0, 0.05) is 38.8 Å². The minimum atomic E-state index is -4.18. The van der Waals surface area contributed by atoms with Crippen LogP contribution in [0.1, 0.15) is 27.2 Å². The van der Waals surface area contributed by atoms with Gasteiger partial charge in [-0.1, -0.05) is 0 Å². The van der Waals surface area contributed by atoms with Crippen LogP contribution in [0, 0.1) is 0 Å². The van der Waals surface area contributed by atoms with Gasteiger partial charge in [-0.3, -0.25) is 4.90 Å². The Morgan fingerprint density at radius 2 is 1.90 bits per heavy atom. The molecule has 1 atom stereocenters. The third kappa shape index (κ3) is 6.52. The molecule has 0 aromatic carbocycles. The predicted octanol–water partition coefficient (Wildman–Crippen LogP) is 1.82. The van der Waals surface area contributed by atoms with Crippen LogP contribution in [0.2, 0.25) is 0 Å². The highest BCUT2D eigenvalue weighted by molar-refractivity contribution is 5.68. The fourth-order valence-corrected chi connectivity index (χ4v) is 2.17. The number of hydrogen-bond acceptors (Lipinski definition) is 4. The molecule has 0 bridgehead atoms. The number of piperazine rings is 1. The van der Waals surface area contributed by atoms with Crippen molar-refractivity contribution in [2.45, 2.75) is 45.0 Å². The first kappa shape index (κ1) is 18.0. The van der Waals surface area contributed by atoms with E-state index in [1.54, 1.807) is 25.7 Å². The molecule has 0 aromatic heterocycles. The van der Waals surface area contributed by atoms with Crippen molar-refractivity contribution >= 4 is 6.09 Å². The molecule has 1 saturated heterocycles. The van der Waals surface area contributed by atoms with E-state index in [9.17, 15) is 18.0 Å². The van der Waals surface area contributed by atoms with Gasteiger partial charge in [0.15, 0.2) is 0 Å². The second-order valence-corrected chi connectivity index (χ2v) is 6.22. The van der Waals surface area contributed by atoms with Crippen LogP contribution in [0.4, 0.5) is 18.0 Å². The van der Waals surface area contributed by atoms with Gasteiger partial charge in [0.05, 0.1) is 6.42 Å². The van der Waals surface area contributed by atoms with Gasteiger partial charge in [-0.2, -0.15) is 13.2 Å². The molecule has 0 aromatic rings. The van der Waals surface area contributed by atoms with Crippen molar-refractivity contribution in [2.24, 2.45) is 5.73 Å². The first-order chi connectivity index (χ1) is 9.52. The third-order valence-electron chi connectivity index (χ3n) is 3.21. The summed E-state index contributed by atoms with van der Waals surface area (Å²) in [6.07, 6.45) is -5.49. The number of nitrogens with two attached hydrogens (primary N) is 1. The number of carbonyl (C=O) groups is 1. The van der Waals surface area contributed by atoms with E-state index in [0.717, 1.165) is 0 Å². The molecule has 1 fully saturated rings. The molecule has 1 unspecified atom stereocenters. The second-order valence-electron chi connectivity index (χ2n) is 6.22. The zero-order valence-corrected chi connectivity index (χ0v) is 12.7. The summed E-state index contributed by atoms with van der Waals surface area (Å²) in [7, 11) is 0. The largest absolute Gasteiger partial charge is 0.444 e. The van der Waals surface area contributed by atoms with Gasteiger partial charge in [0.25, 0.3) is 0 Å². The van der Waals surface area contributed by atoms with E-state index < -0.39 is 24.3 Å². The summed E-state index contributed by atoms with van der Waals surface area (Å²) in [5, 5.41) is 0. The second kappa shape index (κ2) is 6.83. The molecule has 0 radical (unpaired) electrons. The van der Waals surface area contributed by atoms with Gasteiger partial charge in [-0.05, 0) is 20.8 Å². The molecule has 1 aliphatic rings. The maximum atomic E-state index is 12.3. The molecule has 1 aliphatic heterocycles. The Kier molecular flexibility index (Phi) is 5.86. The van der Waals surface area contributed by atoms with Crippen molar-refractivity contribution < 1.29 is 22.7 Å². The van der Waals surface area contributed by atoms with Crippen LogP contribution in [-0.2, 0) is 4.74 Å². The van der Waals surface area contributed by atoms with Crippen LogP contribution in [0.3, 0.4) is 0 Å². The van der Waals surface area contributed by atoms with E-state index in [1.165, 1.54) is 4.90 Å². The minimum Gasteiger partial charge on any atom is -0.444 e. The number of halogens is 3. The first-order valence-electron chi connectivity index (χ1n) is 7.00. The quantitative estimate of drug-likeness (QED) is 0.864. The maximum Gasteiger partial charge on any atom is 0.410 e. The summed E-state index contributed by atoms with van der Waals surface area (Å²) < 4.78 is 42.1. The normalized spacial score (nSPS) is 21.5. The summed E-state index contributed by atoms with van der Waals surface area (Å²) in [5.41, 5.74) is 5.03. The first-order valence-corrected chi connectivity index (χ1v) is 7.00. The van der Waals surface area contributed by atoms with Crippen LogP contribution in [0.25, 0.3) is 0 Å². The molecule has 5 nitrogen and oxygen atoms in total. The van der Waals surface area contributed by atoms with Crippen molar-refractivity contribution in [1.29, 1.82) is 0 Å². The number of amides is 1. The fraction of sp³-hybridized carbons (Fsp3) is 0.923. The molecule has 21 heavy (non-hydrogen) atoms. The molecule has 0 saturated carbocycles. The number of alkyl halides is 3. The molecule has 1 rings (SSSR count). The Morgan fingerprint density at radius 1 is 1.29 bits per heavy atom. The van der Waals surface area contributed by atoms with Gasteiger partial charge in [0.1, 0.15) is 5.60 Å². The Balaban J connectivity index is 2.54. The lowest BCUT2D eigenvalue weighted by Gasteiger charge is -2.41. The highest BCUT2D eigenvalue weighted by atomic mass is 19.4. The van der Waals surface area contributed by atoms with Gasteiger partial charge >= 0.3 is 12.3 Å². The molecule has 0 spiro atoms. The van der Waals surface area contributed by atoms with E-state index in [2.05, 4.69) is 0 Å². The standard InChI is InChI=1S/C13H24F3N3O2/c1-12(2,3)21-11(20)19-7-6-18(10(8-17)9-19)5-4-13(14,15)16/h10H,4-9,17H2,1-3H3. The van der Waals surface area contributed by atoms with E-state index in [-0.39, 0.29) is 19.1 Å². The number of hydrogen-bond donors (Lipinski definition) is 1. The van der Waals surface area contributed by atoms with E-state index in [4.69, 9.17) is 10.5 Å². The monoisotopic (exact) mass is 311 g/mol. The van der Waals surface area contributed by atoms with Crippen molar-refractivity contribution in [3.63, 3.8) is 0 Å². The summed E-state index contributed by atoms with van der Waals surface area (Å²) in [6, 6.07) is -0.270. The van der Waals surface area contributed by atoms with Crippen LogP contribution in [0.5, 0.6) is 0 Å². The molecule has 124 valence electrons. The van der Waals surface area contributed by atoms with E-state index in [0.29, 0.717) is 19.6 Å². The van der Waals surface area contributed by atoms with Crippen LogP contribution in [0.15, 0.2) is 0 Å². The highest BCUT2D eigenvalue weighted by Gasteiger charge is 2.34. The van der Waals surface area contributed by atoms with Crippen LogP contribution < -0.4 is 5.73 Å². The average Bonchev–Trinajstić information content (AvgIpc) is 2.33. The molecule has 2 N–H and O–H groups in total. The topological polar surface area (TPSA) is 58.8 Å². The van der Waals surface area contributed by atoms with Gasteiger partial charge < -0.3 is 15.4 Å². The number of rotatable bonds is 3. The molecular weight excluding hydrogens is 287 g/mol. The lowest BCUT2D eigenvalue weighted by Crippen LogP contribution is -2.58. The lowest BCUT2D eigenvalue weighted by molar-refractivity contribution is -0.140. The Morgan fingerprint density at radius 3 is 2.38 bits per heavy atom. The average molecular weight is 311 g/mol. The number of nitrogens with zero attached hydrogens (tertiary/aromatic N) is 2. The smallest absolute Gasteiger partial charge is 0.410 e. The molecular formula is C13H24F3N3O2. The molecule has 0 aliphatic carbocycles. The number of carbonyl (C=O) groups excluding carboxylic acids is 1. The minimum absolute atomic E-state index is 0.0898.